The van der Waals surface area contributed by atoms with Crippen LogP contribution in [0.5, 0.6) is 0 Å². The van der Waals surface area contributed by atoms with Gasteiger partial charge in [-0.05, 0) is 19.4 Å². The molecule has 0 amide bonds. The Balaban J connectivity index is -0.000000320. The van der Waals surface area contributed by atoms with Crippen molar-refractivity contribution in [2.45, 2.75) is 18.9 Å². The summed E-state index contributed by atoms with van der Waals surface area (Å²) >= 11 is 0. The van der Waals surface area contributed by atoms with Gasteiger partial charge < -0.3 is 28.9 Å². The van der Waals surface area contributed by atoms with Gasteiger partial charge in [0.25, 0.3) is 0 Å². The highest BCUT2D eigenvalue weighted by Gasteiger charge is 2.08. The van der Waals surface area contributed by atoms with E-state index in [0.29, 0.717) is 19.4 Å². The minimum atomic E-state index is -0.955. The van der Waals surface area contributed by atoms with Gasteiger partial charge in [0, 0.05) is 0 Å². The summed E-state index contributed by atoms with van der Waals surface area (Å²) < 4.78 is 0. The van der Waals surface area contributed by atoms with Crippen LogP contribution in [0.1, 0.15) is 12.8 Å². The summed E-state index contributed by atoms with van der Waals surface area (Å²) in [5.74, 6) is -0.955. The molecule has 11 heavy (non-hydrogen) atoms. The highest BCUT2D eigenvalue weighted by molar-refractivity contribution is 5.72. The summed E-state index contributed by atoms with van der Waals surface area (Å²) in [6.07, 6.45) is 1.14. The number of carboxylic acids is 1. The summed E-state index contributed by atoms with van der Waals surface area (Å²) in [5.41, 5.74) is 10.3. The van der Waals surface area contributed by atoms with Crippen molar-refractivity contribution in [3.05, 3.63) is 0 Å². The molecule has 0 aliphatic carbocycles. The van der Waals surface area contributed by atoms with Crippen LogP contribution in [0, 0.1) is 0 Å². The van der Waals surface area contributed by atoms with E-state index in [1.54, 1.807) is 0 Å². The van der Waals surface area contributed by atoms with E-state index in [4.69, 9.17) is 16.6 Å². The maximum Gasteiger partial charge on any atom is 0.320 e. The number of hydrogen-bond acceptors (Lipinski definition) is 5. The number of carbonyl (C=O) groups is 1. The van der Waals surface area contributed by atoms with E-state index in [-0.39, 0.29) is 12.3 Å². The summed E-state index contributed by atoms with van der Waals surface area (Å²) in [5, 5.41) is 8.24. The molecule has 0 radical (unpaired) electrons. The molecular weight excluding hydrogens is 148 g/mol. The lowest BCUT2D eigenvalue weighted by Gasteiger charge is -2.02. The molecule has 0 heterocycles. The fourth-order valence-corrected chi connectivity index (χ4v) is 0.461. The lowest BCUT2D eigenvalue weighted by atomic mass is 10.2. The average Bonchev–Trinajstić information content (AvgIpc) is 1.82. The molecule has 0 fully saturated rings. The minimum Gasteiger partial charge on any atom is -0.480 e. The SMILES string of the molecule is N.N.NCCC[C@H](N)C(=O)O. The Morgan fingerprint density at radius 3 is 2.18 bits per heavy atom. The van der Waals surface area contributed by atoms with E-state index in [0.717, 1.165) is 0 Å². The molecule has 6 nitrogen and oxygen atoms in total. The van der Waals surface area contributed by atoms with Crippen LogP contribution >= 0.6 is 0 Å². The fourth-order valence-electron chi connectivity index (χ4n) is 0.461. The van der Waals surface area contributed by atoms with E-state index in [1.807, 2.05) is 0 Å². The van der Waals surface area contributed by atoms with Crippen molar-refractivity contribution >= 4 is 5.97 Å². The number of rotatable bonds is 4. The first kappa shape index (κ1) is 16.7. The van der Waals surface area contributed by atoms with Gasteiger partial charge in [-0.1, -0.05) is 0 Å². The molecule has 0 rings (SSSR count). The van der Waals surface area contributed by atoms with Crippen LogP contribution < -0.4 is 23.8 Å². The predicted molar refractivity (Wildman–Crippen MR) is 43.9 cm³/mol. The molecule has 11 N–H and O–H groups in total. The van der Waals surface area contributed by atoms with Crippen molar-refractivity contribution in [1.82, 2.24) is 12.3 Å². The summed E-state index contributed by atoms with van der Waals surface area (Å²) in [7, 11) is 0. The summed E-state index contributed by atoms with van der Waals surface area (Å²) in [6, 6.07) is -0.742. The lowest BCUT2D eigenvalue weighted by Crippen LogP contribution is -2.30. The van der Waals surface area contributed by atoms with Crippen molar-refractivity contribution < 1.29 is 9.90 Å². The largest absolute Gasteiger partial charge is 0.480 e. The maximum absolute atomic E-state index is 10.0. The predicted octanol–water partition coefficient (Wildman–Crippen LogP) is -0.539. The molecule has 0 aromatic heterocycles. The molecular formula is C5H18N4O2. The summed E-state index contributed by atoms with van der Waals surface area (Å²) in [4.78, 5) is 10.0. The Bertz CT molecular complexity index is 98.5. The van der Waals surface area contributed by atoms with Gasteiger partial charge in [-0.15, -0.1) is 0 Å². The maximum atomic E-state index is 10.0. The van der Waals surface area contributed by atoms with Gasteiger partial charge in [0.05, 0.1) is 0 Å². The number of aliphatic carboxylic acids is 1. The normalized spacial score (nSPS) is 10.7. The van der Waals surface area contributed by atoms with E-state index in [2.05, 4.69) is 0 Å². The Labute approximate surface area is 66.1 Å². The molecule has 0 aromatic rings. The lowest BCUT2D eigenvalue weighted by molar-refractivity contribution is -0.138. The molecule has 1 atom stereocenters. The molecule has 0 unspecified atom stereocenters. The van der Waals surface area contributed by atoms with E-state index in [1.165, 1.54) is 0 Å². The van der Waals surface area contributed by atoms with Crippen LogP contribution in [-0.2, 0) is 4.79 Å². The monoisotopic (exact) mass is 166 g/mol. The van der Waals surface area contributed by atoms with Gasteiger partial charge in [0.1, 0.15) is 6.04 Å². The zero-order valence-corrected chi connectivity index (χ0v) is 6.62. The number of carboxylic acid groups (broad SMARTS) is 1. The number of nitrogens with two attached hydrogens (primary N) is 2. The summed E-state index contributed by atoms with van der Waals surface area (Å²) in [6.45, 7) is 0.501. The average molecular weight is 166 g/mol. The standard InChI is InChI=1S/C5H12N2O2.2H3N/c6-3-1-2-4(7)5(8)9;;/h4H,1-3,6-7H2,(H,8,9);2*1H3/t4-;;/m0../s1. The van der Waals surface area contributed by atoms with Gasteiger partial charge >= 0.3 is 5.97 Å². The molecule has 0 saturated heterocycles. The van der Waals surface area contributed by atoms with Gasteiger partial charge in [0.2, 0.25) is 0 Å². The van der Waals surface area contributed by atoms with Crippen molar-refractivity contribution in [1.29, 1.82) is 0 Å². The van der Waals surface area contributed by atoms with Crippen LogP contribution in [-0.4, -0.2) is 23.7 Å². The van der Waals surface area contributed by atoms with Crippen LogP contribution in [0.2, 0.25) is 0 Å². The third-order valence-electron chi connectivity index (χ3n) is 1.04. The highest BCUT2D eigenvalue weighted by atomic mass is 16.4. The Hall–Kier alpha value is -0.690. The first-order valence-corrected chi connectivity index (χ1v) is 2.87. The third-order valence-corrected chi connectivity index (χ3v) is 1.04. The van der Waals surface area contributed by atoms with Gasteiger partial charge in [-0.2, -0.15) is 0 Å². The Morgan fingerprint density at radius 2 is 1.91 bits per heavy atom. The van der Waals surface area contributed by atoms with Gasteiger partial charge in [-0.3, -0.25) is 4.79 Å². The van der Waals surface area contributed by atoms with Crippen molar-refractivity contribution in [2.24, 2.45) is 11.5 Å². The van der Waals surface area contributed by atoms with E-state index < -0.39 is 12.0 Å². The van der Waals surface area contributed by atoms with Crippen LogP contribution in [0.4, 0.5) is 0 Å². The molecule has 0 aliphatic rings. The minimum absolute atomic E-state index is 0. The third kappa shape index (κ3) is 9.31. The Kier molecular flexibility index (Phi) is 14.2. The van der Waals surface area contributed by atoms with Gasteiger partial charge in [0.15, 0.2) is 0 Å². The Morgan fingerprint density at radius 1 is 1.45 bits per heavy atom. The topological polar surface area (TPSA) is 159 Å². The smallest absolute Gasteiger partial charge is 0.320 e. The molecule has 0 bridgehead atoms. The van der Waals surface area contributed by atoms with E-state index in [9.17, 15) is 4.79 Å². The molecule has 0 saturated carbocycles. The highest BCUT2D eigenvalue weighted by Crippen LogP contribution is 1.91. The van der Waals surface area contributed by atoms with Crippen LogP contribution in [0.3, 0.4) is 0 Å². The number of hydrogen-bond donors (Lipinski definition) is 5. The first-order valence-electron chi connectivity index (χ1n) is 2.87. The van der Waals surface area contributed by atoms with Crippen molar-refractivity contribution in [2.75, 3.05) is 6.54 Å². The molecule has 0 spiro atoms. The second-order valence-electron chi connectivity index (χ2n) is 1.88. The van der Waals surface area contributed by atoms with Crippen molar-refractivity contribution in [3.8, 4) is 0 Å². The molecule has 6 heteroatoms. The van der Waals surface area contributed by atoms with E-state index >= 15 is 0 Å². The zero-order valence-electron chi connectivity index (χ0n) is 6.62. The second kappa shape index (κ2) is 9.31. The van der Waals surface area contributed by atoms with Crippen LogP contribution in [0.25, 0.3) is 0 Å². The quantitative estimate of drug-likeness (QED) is 0.377. The molecule has 0 aliphatic heterocycles. The molecule has 70 valence electrons. The van der Waals surface area contributed by atoms with Crippen molar-refractivity contribution in [3.63, 3.8) is 0 Å². The van der Waals surface area contributed by atoms with Crippen LogP contribution in [0.15, 0.2) is 0 Å². The second-order valence-corrected chi connectivity index (χ2v) is 1.88. The first-order chi connectivity index (χ1) is 4.18. The molecule has 0 aromatic carbocycles. The zero-order chi connectivity index (χ0) is 7.28. The fraction of sp³-hybridized carbons (Fsp3) is 0.800. The van der Waals surface area contributed by atoms with Gasteiger partial charge in [-0.25, -0.2) is 0 Å².